The molecule has 0 bridgehead atoms. The van der Waals surface area contributed by atoms with Gasteiger partial charge in [-0.3, -0.25) is 9.13 Å². The average Bonchev–Trinajstić information content (AvgIpc) is 3.47. The third-order valence-electron chi connectivity index (χ3n) is 5.40. The highest BCUT2D eigenvalue weighted by Gasteiger charge is 2.28. The lowest BCUT2D eigenvalue weighted by atomic mass is 9.84. The van der Waals surface area contributed by atoms with Crippen LogP contribution < -0.4 is 0 Å². The standard InChI is InChI=1S/C23H26N6S4/c1-23(2,15-9-7-11-17(26-15)28-13-24-19(30-3)21(28)32-5)16-10-8-12-18(27-16)29-14-25-20(31-4)22(29)33-6/h7-14H,1-6H3. The molecule has 10 heteroatoms. The molecule has 0 aliphatic carbocycles. The topological polar surface area (TPSA) is 61.4 Å². The van der Waals surface area contributed by atoms with E-state index in [-0.39, 0.29) is 0 Å². The van der Waals surface area contributed by atoms with Gasteiger partial charge < -0.3 is 0 Å². The first-order valence-corrected chi connectivity index (χ1v) is 15.1. The van der Waals surface area contributed by atoms with Gasteiger partial charge in [0.2, 0.25) is 0 Å². The van der Waals surface area contributed by atoms with E-state index in [2.05, 4.69) is 69.7 Å². The van der Waals surface area contributed by atoms with Crippen LogP contribution in [0.5, 0.6) is 0 Å². The molecule has 4 heterocycles. The second-order valence-electron chi connectivity index (χ2n) is 7.65. The first-order chi connectivity index (χ1) is 15.9. The summed E-state index contributed by atoms with van der Waals surface area (Å²) in [6.07, 6.45) is 11.9. The van der Waals surface area contributed by atoms with Gasteiger partial charge in [0.25, 0.3) is 0 Å². The third-order valence-corrected chi connectivity index (χ3v) is 8.58. The summed E-state index contributed by atoms with van der Waals surface area (Å²) in [5.41, 5.74) is 1.52. The number of hydrogen-bond donors (Lipinski definition) is 0. The van der Waals surface area contributed by atoms with Gasteiger partial charge in [0, 0.05) is 5.41 Å². The van der Waals surface area contributed by atoms with Crippen LogP contribution in [0.2, 0.25) is 0 Å². The molecule has 0 fully saturated rings. The fourth-order valence-corrected chi connectivity index (χ4v) is 6.54. The molecule has 0 spiro atoms. The van der Waals surface area contributed by atoms with Crippen molar-refractivity contribution in [1.29, 1.82) is 0 Å². The van der Waals surface area contributed by atoms with Crippen molar-refractivity contribution in [2.24, 2.45) is 0 Å². The van der Waals surface area contributed by atoms with E-state index in [1.165, 1.54) is 0 Å². The lowest BCUT2D eigenvalue weighted by Gasteiger charge is -2.25. The van der Waals surface area contributed by atoms with Crippen LogP contribution in [0.25, 0.3) is 11.6 Å². The van der Waals surface area contributed by atoms with Crippen LogP contribution >= 0.6 is 47.0 Å². The first-order valence-electron chi connectivity index (χ1n) is 10.2. The molecule has 0 saturated heterocycles. The maximum absolute atomic E-state index is 5.03. The normalized spacial score (nSPS) is 11.8. The number of hydrogen-bond acceptors (Lipinski definition) is 8. The van der Waals surface area contributed by atoms with Crippen LogP contribution in [0.3, 0.4) is 0 Å². The smallest absolute Gasteiger partial charge is 0.139 e. The monoisotopic (exact) mass is 514 g/mol. The molecule has 0 saturated carbocycles. The highest BCUT2D eigenvalue weighted by molar-refractivity contribution is 8.01. The van der Waals surface area contributed by atoms with E-state index >= 15 is 0 Å². The molecule has 0 aliphatic heterocycles. The summed E-state index contributed by atoms with van der Waals surface area (Å²) in [6, 6.07) is 12.3. The number of imidazole rings is 2. The minimum Gasteiger partial charge on any atom is -0.277 e. The van der Waals surface area contributed by atoms with Crippen molar-refractivity contribution >= 4 is 47.0 Å². The van der Waals surface area contributed by atoms with Gasteiger partial charge in [-0.1, -0.05) is 12.1 Å². The maximum atomic E-state index is 5.03. The molecule has 33 heavy (non-hydrogen) atoms. The predicted octanol–water partition coefficient (Wildman–Crippen LogP) is 6.06. The van der Waals surface area contributed by atoms with E-state index in [0.29, 0.717) is 0 Å². The van der Waals surface area contributed by atoms with Crippen molar-refractivity contribution in [3.05, 3.63) is 60.4 Å². The quantitative estimate of drug-likeness (QED) is 0.263. The van der Waals surface area contributed by atoms with Gasteiger partial charge in [-0.05, 0) is 63.1 Å². The minimum absolute atomic E-state index is 0.392. The number of thioether (sulfide) groups is 4. The second kappa shape index (κ2) is 10.2. The molecule has 4 aromatic rings. The minimum atomic E-state index is -0.392. The summed E-state index contributed by atoms with van der Waals surface area (Å²) in [7, 11) is 0. The van der Waals surface area contributed by atoms with Crippen LogP contribution in [-0.4, -0.2) is 54.1 Å². The van der Waals surface area contributed by atoms with Crippen molar-refractivity contribution in [1.82, 2.24) is 29.1 Å². The Hall–Kier alpha value is -1.88. The maximum Gasteiger partial charge on any atom is 0.139 e. The van der Waals surface area contributed by atoms with Crippen molar-refractivity contribution < 1.29 is 0 Å². The van der Waals surface area contributed by atoms with Crippen LogP contribution in [-0.2, 0) is 5.41 Å². The van der Waals surface area contributed by atoms with Crippen LogP contribution in [0.1, 0.15) is 25.2 Å². The zero-order chi connectivity index (χ0) is 23.6. The Kier molecular flexibility index (Phi) is 7.47. The van der Waals surface area contributed by atoms with Gasteiger partial charge in [-0.25, -0.2) is 19.9 Å². The first kappa shape index (κ1) is 24.3. The molecule has 6 nitrogen and oxygen atoms in total. The number of pyridine rings is 2. The van der Waals surface area contributed by atoms with Gasteiger partial charge in [0.1, 0.15) is 44.4 Å². The molecule has 0 N–H and O–H groups in total. The Morgan fingerprint density at radius 3 is 1.42 bits per heavy atom. The van der Waals surface area contributed by atoms with E-state index in [4.69, 9.17) is 9.97 Å². The summed E-state index contributed by atoms with van der Waals surface area (Å²) in [5, 5.41) is 4.22. The zero-order valence-corrected chi connectivity index (χ0v) is 22.7. The molecular formula is C23H26N6S4. The van der Waals surface area contributed by atoms with Crippen LogP contribution in [0, 0.1) is 0 Å². The summed E-state index contributed by atoms with van der Waals surface area (Å²) >= 11 is 6.65. The van der Waals surface area contributed by atoms with E-state index in [9.17, 15) is 0 Å². The molecule has 0 amide bonds. The summed E-state index contributed by atoms with van der Waals surface area (Å²) in [4.78, 5) is 19.2. The third kappa shape index (κ3) is 4.58. The van der Waals surface area contributed by atoms with Crippen LogP contribution in [0.4, 0.5) is 0 Å². The highest BCUT2D eigenvalue weighted by Crippen LogP contribution is 2.33. The zero-order valence-electron chi connectivity index (χ0n) is 19.4. The Labute approximate surface area is 211 Å². The van der Waals surface area contributed by atoms with Crippen LogP contribution in [0.15, 0.2) is 69.2 Å². The second-order valence-corrected chi connectivity index (χ2v) is 10.8. The fourth-order valence-electron chi connectivity index (χ4n) is 3.56. The largest absolute Gasteiger partial charge is 0.277 e. The fraction of sp³-hybridized carbons (Fsp3) is 0.304. The molecule has 0 radical (unpaired) electrons. The lowest BCUT2D eigenvalue weighted by Crippen LogP contribution is -2.23. The molecule has 0 aliphatic rings. The molecule has 0 aromatic carbocycles. The Bertz CT molecular complexity index is 1170. The van der Waals surface area contributed by atoms with Crippen molar-refractivity contribution in [2.45, 2.75) is 39.4 Å². The van der Waals surface area contributed by atoms with E-state index in [1.54, 1.807) is 47.0 Å². The van der Waals surface area contributed by atoms with Crippen molar-refractivity contribution in [3.63, 3.8) is 0 Å². The lowest BCUT2D eigenvalue weighted by molar-refractivity contribution is 0.589. The predicted molar refractivity (Wildman–Crippen MR) is 142 cm³/mol. The molecule has 4 aromatic heterocycles. The summed E-state index contributed by atoms with van der Waals surface area (Å²) in [6.45, 7) is 4.33. The Balaban J connectivity index is 1.74. The Morgan fingerprint density at radius 2 is 1.06 bits per heavy atom. The van der Waals surface area contributed by atoms with Gasteiger partial charge in [0.15, 0.2) is 0 Å². The summed E-state index contributed by atoms with van der Waals surface area (Å²) < 4.78 is 4.11. The number of nitrogens with zero attached hydrogens (tertiary/aromatic N) is 6. The van der Waals surface area contributed by atoms with Gasteiger partial charge in [0.05, 0.1) is 11.4 Å². The van der Waals surface area contributed by atoms with Crippen molar-refractivity contribution in [3.8, 4) is 11.6 Å². The molecule has 0 unspecified atom stereocenters. The highest BCUT2D eigenvalue weighted by atomic mass is 32.2. The number of aromatic nitrogens is 6. The molecular weight excluding hydrogens is 489 g/mol. The SMILES string of the molecule is CSc1ncn(-c2cccc(C(C)(C)c3cccc(-n4cnc(SC)c4SC)n3)n2)c1SC. The molecule has 4 rings (SSSR count). The average molecular weight is 515 g/mol. The van der Waals surface area contributed by atoms with Gasteiger partial charge >= 0.3 is 0 Å². The van der Waals surface area contributed by atoms with E-state index in [0.717, 1.165) is 43.1 Å². The number of rotatable bonds is 8. The van der Waals surface area contributed by atoms with Gasteiger partial charge in [-0.2, -0.15) is 0 Å². The van der Waals surface area contributed by atoms with E-state index in [1.807, 2.05) is 37.3 Å². The summed E-state index contributed by atoms with van der Waals surface area (Å²) in [5.74, 6) is 1.72. The molecule has 172 valence electrons. The van der Waals surface area contributed by atoms with Crippen molar-refractivity contribution in [2.75, 3.05) is 25.0 Å². The van der Waals surface area contributed by atoms with Gasteiger partial charge in [-0.15, -0.1) is 47.0 Å². The van der Waals surface area contributed by atoms with E-state index < -0.39 is 5.41 Å². The Morgan fingerprint density at radius 1 is 0.636 bits per heavy atom. The molecule has 0 atom stereocenters.